The van der Waals surface area contributed by atoms with Crippen molar-refractivity contribution in [3.8, 4) is 11.3 Å². The van der Waals surface area contributed by atoms with Crippen LogP contribution in [0.15, 0.2) is 71.2 Å². The summed E-state index contributed by atoms with van der Waals surface area (Å²) in [4.78, 5) is 22.5. The number of nitro benzene ring substituents is 1. The number of halogens is 1. The van der Waals surface area contributed by atoms with Crippen molar-refractivity contribution in [3.05, 3.63) is 88.4 Å². The van der Waals surface area contributed by atoms with Crippen LogP contribution in [0.4, 0.5) is 15.8 Å². The number of nitrogens with one attached hydrogen (secondary N) is 1. The van der Waals surface area contributed by atoms with E-state index in [4.69, 9.17) is 4.42 Å². The first-order valence-electron chi connectivity index (χ1n) is 7.61. The molecule has 0 saturated heterocycles. The molecule has 0 saturated carbocycles. The molecule has 1 N–H and O–H groups in total. The molecule has 0 aliphatic rings. The second kappa shape index (κ2) is 7.43. The van der Waals surface area contributed by atoms with Crippen LogP contribution in [0.2, 0.25) is 0 Å². The number of carbonyl (C=O) groups is 1. The number of carbonyl (C=O) groups excluding carboxylic acids is 1. The largest absolute Gasteiger partial charge is 0.456 e. The highest BCUT2D eigenvalue weighted by atomic mass is 19.1. The van der Waals surface area contributed by atoms with Crippen LogP contribution in [-0.4, -0.2) is 10.8 Å². The highest BCUT2D eigenvalue weighted by Gasteiger charge is 2.16. The molecule has 7 heteroatoms. The summed E-state index contributed by atoms with van der Waals surface area (Å²) < 4.78 is 18.4. The molecule has 2 aromatic carbocycles. The molecule has 1 heterocycles. The maximum Gasteiger partial charge on any atom is 0.280 e. The molecule has 26 heavy (non-hydrogen) atoms. The third-order valence-corrected chi connectivity index (χ3v) is 3.50. The number of anilines is 1. The van der Waals surface area contributed by atoms with Crippen LogP contribution in [0.25, 0.3) is 17.4 Å². The lowest BCUT2D eigenvalue weighted by Gasteiger charge is -2.01. The van der Waals surface area contributed by atoms with E-state index < -0.39 is 16.6 Å². The third kappa shape index (κ3) is 4.02. The van der Waals surface area contributed by atoms with Gasteiger partial charge >= 0.3 is 0 Å². The Morgan fingerprint density at radius 3 is 2.54 bits per heavy atom. The predicted octanol–water partition coefficient (Wildman–Crippen LogP) is 4.65. The molecule has 1 aromatic heterocycles. The van der Waals surface area contributed by atoms with Gasteiger partial charge in [0, 0.05) is 17.8 Å². The minimum atomic E-state index is -0.483. The fourth-order valence-corrected chi connectivity index (χ4v) is 2.30. The van der Waals surface area contributed by atoms with Crippen molar-refractivity contribution in [2.24, 2.45) is 0 Å². The molecule has 1 amide bonds. The van der Waals surface area contributed by atoms with Gasteiger partial charge in [-0.3, -0.25) is 14.9 Å². The van der Waals surface area contributed by atoms with E-state index in [0.29, 0.717) is 22.8 Å². The minimum Gasteiger partial charge on any atom is -0.456 e. The second-order valence-electron chi connectivity index (χ2n) is 5.31. The molecular weight excluding hydrogens is 339 g/mol. The molecule has 0 aliphatic heterocycles. The van der Waals surface area contributed by atoms with Crippen LogP contribution in [0.3, 0.4) is 0 Å². The first kappa shape index (κ1) is 17.1. The number of rotatable bonds is 5. The zero-order chi connectivity index (χ0) is 18.5. The van der Waals surface area contributed by atoms with E-state index in [1.54, 1.807) is 30.3 Å². The number of hydrogen-bond acceptors (Lipinski definition) is 4. The summed E-state index contributed by atoms with van der Waals surface area (Å²) in [6.07, 6.45) is 2.70. The van der Waals surface area contributed by atoms with Crippen molar-refractivity contribution in [2.45, 2.75) is 0 Å². The van der Waals surface area contributed by atoms with Crippen LogP contribution in [0, 0.1) is 15.9 Å². The van der Waals surface area contributed by atoms with E-state index in [1.807, 2.05) is 0 Å². The van der Waals surface area contributed by atoms with Gasteiger partial charge in [0.15, 0.2) is 0 Å². The number of furan rings is 1. The van der Waals surface area contributed by atoms with E-state index in [-0.39, 0.29) is 5.69 Å². The second-order valence-corrected chi connectivity index (χ2v) is 5.31. The van der Waals surface area contributed by atoms with Gasteiger partial charge in [-0.25, -0.2) is 4.39 Å². The van der Waals surface area contributed by atoms with Crippen molar-refractivity contribution in [2.75, 3.05) is 5.32 Å². The van der Waals surface area contributed by atoms with Gasteiger partial charge in [0.05, 0.1) is 10.5 Å². The number of benzene rings is 2. The molecule has 0 bridgehead atoms. The van der Waals surface area contributed by atoms with Crippen LogP contribution in [0.1, 0.15) is 5.76 Å². The zero-order valence-corrected chi connectivity index (χ0v) is 13.4. The van der Waals surface area contributed by atoms with Gasteiger partial charge in [0.25, 0.3) is 5.69 Å². The Kier molecular flexibility index (Phi) is 4.89. The van der Waals surface area contributed by atoms with Gasteiger partial charge in [-0.2, -0.15) is 0 Å². The van der Waals surface area contributed by atoms with Crippen molar-refractivity contribution >= 4 is 23.4 Å². The van der Waals surface area contributed by atoms with Gasteiger partial charge in [0.1, 0.15) is 17.3 Å². The number of hydrogen-bond donors (Lipinski definition) is 1. The summed E-state index contributed by atoms with van der Waals surface area (Å²) in [5, 5.41) is 13.7. The summed E-state index contributed by atoms with van der Waals surface area (Å²) in [6.45, 7) is 0. The van der Waals surface area contributed by atoms with E-state index in [9.17, 15) is 19.3 Å². The van der Waals surface area contributed by atoms with Crippen molar-refractivity contribution < 1.29 is 18.5 Å². The third-order valence-electron chi connectivity index (χ3n) is 3.50. The highest BCUT2D eigenvalue weighted by Crippen LogP contribution is 2.31. The van der Waals surface area contributed by atoms with Crippen molar-refractivity contribution in [1.82, 2.24) is 0 Å². The first-order valence-corrected chi connectivity index (χ1v) is 7.61. The van der Waals surface area contributed by atoms with E-state index in [1.165, 1.54) is 42.5 Å². The Hall–Kier alpha value is -3.74. The van der Waals surface area contributed by atoms with Gasteiger partial charge in [-0.05, 0) is 48.5 Å². The average Bonchev–Trinajstić information content (AvgIpc) is 3.11. The average molecular weight is 352 g/mol. The standard InChI is InChI=1S/C19H13FN2O4/c20-13-5-7-14(8-6-13)21-19(23)12-10-15-9-11-18(26-15)16-3-1-2-4-17(16)22(24)25/h1-12H,(H,21,23)/b12-10+. The minimum absolute atomic E-state index is 0.0635. The summed E-state index contributed by atoms with van der Waals surface area (Å²) >= 11 is 0. The zero-order valence-electron chi connectivity index (χ0n) is 13.4. The summed E-state index contributed by atoms with van der Waals surface area (Å²) in [6, 6.07) is 14.8. The summed E-state index contributed by atoms with van der Waals surface area (Å²) in [5.74, 6) is -0.111. The molecule has 6 nitrogen and oxygen atoms in total. The Balaban J connectivity index is 1.72. The highest BCUT2D eigenvalue weighted by molar-refractivity contribution is 6.01. The van der Waals surface area contributed by atoms with Crippen molar-refractivity contribution in [1.29, 1.82) is 0 Å². The van der Waals surface area contributed by atoms with E-state index in [0.717, 1.165) is 0 Å². The molecule has 0 atom stereocenters. The predicted molar refractivity (Wildman–Crippen MR) is 94.9 cm³/mol. The molecular formula is C19H13FN2O4. The molecule has 130 valence electrons. The fraction of sp³-hybridized carbons (Fsp3) is 0. The number of nitrogens with zero attached hydrogens (tertiary/aromatic N) is 1. The van der Waals surface area contributed by atoms with Gasteiger partial charge in [-0.1, -0.05) is 12.1 Å². The number of amides is 1. The maximum atomic E-state index is 12.8. The van der Waals surface area contributed by atoms with E-state index in [2.05, 4.69) is 5.32 Å². The van der Waals surface area contributed by atoms with E-state index >= 15 is 0 Å². The summed E-state index contributed by atoms with van der Waals surface area (Å²) in [5.41, 5.74) is 0.750. The molecule has 0 radical (unpaired) electrons. The molecule has 0 fully saturated rings. The maximum absolute atomic E-state index is 12.8. The molecule has 3 aromatic rings. The van der Waals surface area contributed by atoms with Gasteiger partial charge < -0.3 is 9.73 Å². The fourth-order valence-electron chi connectivity index (χ4n) is 2.30. The Bertz CT molecular complexity index is 977. The molecule has 0 unspecified atom stereocenters. The van der Waals surface area contributed by atoms with Gasteiger partial charge in [0.2, 0.25) is 5.91 Å². The molecule has 0 aliphatic carbocycles. The topological polar surface area (TPSA) is 85.4 Å². The lowest BCUT2D eigenvalue weighted by molar-refractivity contribution is -0.384. The molecule has 0 spiro atoms. The monoisotopic (exact) mass is 352 g/mol. The lowest BCUT2D eigenvalue weighted by Crippen LogP contribution is -2.07. The SMILES string of the molecule is O=C(/C=C/c1ccc(-c2ccccc2[N+](=O)[O-])o1)Nc1ccc(F)cc1. The van der Waals surface area contributed by atoms with Gasteiger partial charge in [-0.15, -0.1) is 0 Å². The van der Waals surface area contributed by atoms with Crippen molar-refractivity contribution in [3.63, 3.8) is 0 Å². The number of para-hydroxylation sites is 1. The van der Waals surface area contributed by atoms with Crippen LogP contribution in [0.5, 0.6) is 0 Å². The Morgan fingerprint density at radius 1 is 1.08 bits per heavy atom. The normalized spacial score (nSPS) is 10.8. The first-order chi connectivity index (χ1) is 12.5. The van der Waals surface area contributed by atoms with Crippen LogP contribution in [-0.2, 0) is 4.79 Å². The smallest absolute Gasteiger partial charge is 0.280 e. The van der Waals surface area contributed by atoms with Crippen LogP contribution >= 0.6 is 0 Å². The lowest BCUT2D eigenvalue weighted by atomic mass is 10.1. The summed E-state index contributed by atoms with van der Waals surface area (Å²) in [7, 11) is 0. The Morgan fingerprint density at radius 2 is 1.81 bits per heavy atom. The number of nitro groups is 1. The molecule has 3 rings (SSSR count). The Labute approximate surface area is 147 Å². The van der Waals surface area contributed by atoms with Crippen LogP contribution < -0.4 is 5.32 Å². The quantitative estimate of drug-likeness (QED) is 0.411.